The van der Waals surface area contributed by atoms with Crippen molar-refractivity contribution in [1.82, 2.24) is 14.9 Å². The first-order valence-electron chi connectivity index (χ1n) is 8.26. The monoisotopic (exact) mass is 289 g/mol. The van der Waals surface area contributed by atoms with E-state index in [2.05, 4.69) is 40.1 Å². The third kappa shape index (κ3) is 3.84. The molecule has 2 aliphatic rings. The summed E-state index contributed by atoms with van der Waals surface area (Å²) in [4.78, 5) is 14.1. The van der Waals surface area contributed by atoms with E-state index in [1.54, 1.807) is 0 Å². The summed E-state index contributed by atoms with van der Waals surface area (Å²) in [6.07, 6.45) is 6.53. The van der Waals surface area contributed by atoms with Crippen molar-refractivity contribution in [3.05, 3.63) is 11.8 Å². The molecule has 3 rings (SSSR count). The molecule has 116 valence electrons. The largest absolute Gasteiger partial charge is 0.354 e. The van der Waals surface area contributed by atoms with Gasteiger partial charge in [-0.1, -0.05) is 19.3 Å². The molecule has 1 saturated carbocycles. The molecule has 2 fully saturated rings. The highest BCUT2D eigenvalue weighted by molar-refractivity contribution is 5.45. The van der Waals surface area contributed by atoms with E-state index < -0.39 is 0 Å². The lowest BCUT2D eigenvalue weighted by Gasteiger charge is -2.33. The van der Waals surface area contributed by atoms with Gasteiger partial charge in [0.05, 0.1) is 0 Å². The van der Waals surface area contributed by atoms with E-state index in [4.69, 9.17) is 4.98 Å². The van der Waals surface area contributed by atoms with Gasteiger partial charge in [0.1, 0.15) is 5.82 Å². The summed E-state index contributed by atoms with van der Waals surface area (Å²) in [5.41, 5.74) is 1.05. The number of hydrogen-bond donors (Lipinski definition) is 1. The van der Waals surface area contributed by atoms with Crippen LogP contribution in [0.4, 0.5) is 11.8 Å². The molecule has 0 aromatic carbocycles. The number of aromatic nitrogens is 2. The van der Waals surface area contributed by atoms with Crippen LogP contribution in [-0.4, -0.2) is 54.1 Å². The number of likely N-dealkylation sites (N-methyl/N-ethyl adjacent to an activating group) is 1. The van der Waals surface area contributed by atoms with Crippen molar-refractivity contribution in [2.24, 2.45) is 0 Å². The van der Waals surface area contributed by atoms with Crippen LogP contribution in [-0.2, 0) is 0 Å². The van der Waals surface area contributed by atoms with Crippen molar-refractivity contribution >= 4 is 11.8 Å². The van der Waals surface area contributed by atoms with Crippen molar-refractivity contribution in [2.45, 2.75) is 45.1 Å². The zero-order valence-electron chi connectivity index (χ0n) is 13.3. The van der Waals surface area contributed by atoms with Gasteiger partial charge >= 0.3 is 0 Å². The van der Waals surface area contributed by atoms with Crippen molar-refractivity contribution < 1.29 is 0 Å². The average Bonchev–Trinajstić information content (AvgIpc) is 2.48. The van der Waals surface area contributed by atoms with Crippen LogP contribution in [0.2, 0.25) is 0 Å². The highest BCUT2D eigenvalue weighted by Crippen LogP contribution is 2.22. The highest BCUT2D eigenvalue weighted by atomic mass is 15.3. The van der Waals surface area contributed by atoms with Gasteiger partial charge in [-0.2, -0.15) is 4.98 Å². The first-order valence-corrected chi connectivity index (χ1v) is 8.26. The van der Waals surface area contributed by atoms with Gasteiger partial charge in [0, 0.05) is 44.0 Å². The van der Waals surface area contributed by atoms with Crippen LogP contribution in [0, 0.1) is 6.92 Å². The summed E-state index contributed by atoms with van der Waals surface area (Å²) in [5, 5.41) is 3.55. The zero-order chi connectivity index (χ0) is 14.7. The molecule has 0 spiro atoms. The van der Waals surface area contributed by atoms with Crippen molar-refractivity contribution in [1.29, 1.82) is 0 Å². The van der Waals surface area contributed by atoms with Gasteiger partial charge in [-0.25, -0.2) is 4.98 Å². The lowest BCUT2D eigenvalue weighted by Crippen LogP contribution is -2.45. The van der Waals surface area contributed by atoms with E-state index in [-0.39, 0.29) is 0 Å². The minimum atomic E-state index is 0.556. The third-order valence-electron chi connectivity index (χ3n) is 4.61. The Morgan fingerprint density at radius 1 is 1.05 bits per heavy atom. The molecule has 5 nitrogen and oxygen atoms in total. The van der Waals surface area contributed by atoms with Gasteiger partial charge in [-0.15, -0.1) is 0 Å². The van der Waals surface area contributed by atoms with Crippen LogP contribution in [0.25, 0.3) is 0 Å². The van der Waals surface area contributed by atoms with Gasteiger partial charge in [0.15, 0.2) is 0 Å². The molecule has 0 amide bonds. The first-order chi connectivity index (χ1) is 10.2. The Kier molecular flexibility index (Phi) is 4.58. The molecule has 0 radical (unpaired) electrons. The number of rotatable bonds is 3. The Morgan fingerprint density at radius 2 is 1.76 bits per heavy atom. The Labute approximate surface area is 127 Å². The van der Waals surface area contributed by atoms with E-state index in [9.17, 15) is 0 Å². The molecule has 21 heavy (non-hydrogen) atoms. The number of anilines is 2. The minimum Gasteiger partial charge on any atom is -0.354 e. The van der Waals surface area contributed by atoms with Crippen molar-refractivity contribution in [3.63, 3.8) is 0 Å². The second kappa shape index (κ2) is 6.60. The molecule has 1 aromatic heterocycles. The Hall–Kier alpha value is -1.36. The summed E-state index contributed by atoms with van der Waals surface area (Å²) in [7, 11) is 2.18. The highest BCUT2D eigenvalue weighted by Gasteiger charge is 2.18. The van der Waals surface area contributed by atoms with E-state index in [1.165, 1.54) is 32.1 Å². The molecule has 2 heterocycles. The van der Waals surface area contributed by atoms with Crippen molar-refractivity contribution in [3.8, 4) is 0 Å². The quantitative estimate of drug-likeness (QED) is 0.925. The summed E-state index contributed by atoms with van der Waals surface area (Å²) >= 11 is 0. The molecular formula is C16H27N5. The van der Waals surface area contributed by atoms with Gasteiger partial charge in [0.2, 0.25) is 5.95 Å². The fraction of sp³-hybridized carbons (Fsp3) is 0.750. The molecule has 1 N–H and O–H groups in total. The lowest BCUT2D eigenvalue weighted by atomic mass is 9.96. The Balaban J connectivity index is 1.70. The molecule has 0 bridgehead atoms. The summed E-state index contributed by atoms with van der Waals surface area (Å²) < 4.78 is 0. The Morgan fingerprint density at radius 3 is 2.48 bits per heavy atom. The van der Waals surface area contributed by atoms with Crippen LogP contribution >= 0.6 is 0 Å². The number of nitrogens with zero attached hydrogens (tertiary/aromatic N) is 4. The third-order valence-corrected chi connectivity index (χ3v) is 4.61. The normalized spacial score (nSPS) is 21.5. The minimum absolute atomic E-state index is 0.556. The first kappa shape index (κ1) is 14.6. The maximum absolute atomic E-state index is 4.76. The fourth-order valence-corrected chi connectivity index (χ4v) is 3.24. The zero-order valence-corrected chi connectivity index (χ0v) is 13.3. The molecule has 0 atom stereocenters. The average molecular weight is 289 g/mol. The van der Waals surface area contributed by atoms with E-state index in [0.717, 1.165) is 43.6 Å². The topological polar surface area (TPSA) is 44.3 Å². The number of piperazine rings is 1. The second-order valence-electron chi connectivity index (χ2n) is 6.46. The summed E-state index contributed by atoms with van der Waals surface area (Å²) in [6, 6.07) is 2.66. The van der Waals surface area contributed by atoms with Crippen LogP contribution in [0.5, 0.6) is 0 Å². The van der Waals surface area contributed by atoms with Crippen LogP contribution < -0.4 is 10.2 Å². The maximum atomic E-state index is 4.76. The summed E-state index contributed by atoms with van der Waals surface area (Å²) in [5.74, 6) is 1.89. The molecule has 0 unspecified atom stereocenters. The van der Waals surface area contributed by atoms with E-state index >= 15 is 0 Å². The van der Waals surface area contributed by atoms with Gasteiger partial charge in [-0.05, 0) is 26.8 Å². The summed E-state index contributed by atoms with van der Waals surface area (Å²) in [6.45, 7) is 6.38. The number of nitrogens with one attached hydrogen (secondary N) is 1. The molecule has 1 aromatic rings. The van der Waals surface area contributed by atoms with Crippen LogP contribution in [0.15, 0.2) is 6.07 Å². The van der Waals surface area contributed by atoms with E-state index in [0.29, 0.717) is 6.04 Å². The smallest absolute Gasteiger partial charge is 0.225 e. The van der Waals surface area contributed by atoms with Gasteiger partial charge < -0.3 is 15.1 Å². The van der Waals surface area contributed by atoms with E-state index in [1.807, 2.05) is 0 Å². The molecule has 1 aliphatic heterocycles. The molecule has 1 aliphatic carbocycles. The maximum Gasteiger partial charge on any atom is 0.225 e. The van der Waals surface area contributed by atoms with Crippen LogP contribution in [0.3, 0.4) is 0 Å². The Bertz CT molecular complexity index is 462. The lowest BCUT2D eigenvalue weighted by molar-refractivity contribution is 0.312. The molecule has 5 heteroatoms. The van der Waals surface area contributed by atoms with Gasteiger partial charge in [-0.3, -0.25) is 0 Å². The van der Waals surface area contributed by atoms with Gasteiger partial charge in [0.25, 0.3) is 0 Å². The predicted octanol–water partition coefficient (Wildman–Crippen LogP) is 2.28. The van der Waals surface area contributed by atoms with Crippen LogP contribution in [0.1, 0.15) is 37.8 Å². The SMILES string of the molecule is Cc1cc(N2CCN(C)CC2)nc(NC2CCCCC2)n1. The fourth-order valence-electron chi connectivity index (χ4n) is 3.24. The predicted molar refractivity (Wildman–Crippen MR) is 87.0 cm³/mol. The number of hydrogen-bond acceptors (Lipinski definition) is 5. The number of aryl methyl sites for hydroxylation is 1. The molecular weight excluding hydrogens is 262 g/mol. The molecule has 1 saturated heterocycles. The standard InChI is InChI=1S/C16H27N5/c1-13-12-15(21-10-8-20(2)9-11-21)19-16(17-13)18-14-6-4-3-5-7-14/h12,14H,3-11H2,1-2H3,(H,17,18,19). The second-order valence-corrected chi connectivity index (χ2v) is 6.46. The van der Waals surface area contributed by atoms with Crippen molar-refractivity contribution in [2.75, 3.05) is 43.4 Å².